The number of hydrogen-bond acceptors (Lipinski definition) is 3. The van der Waals surface area contributed by atoms with Crippen LogP contribution in [0.4, 0.5) is 15.2 Å². The van der Waals surface area contributed by atoms with Gasteiger partial charge in [-0.2, -0.15) is 0 Å². The number of benzene rings is 2. The molecule has 4 heteroatoms. The highest BCUT2D eigenvalue weighted by molar-refractivity contribution is 7.22. The van der Waals surface area contributed by atoms with Crippen LogP contribution < -0.4 is 5.32 Å². The van der Waals surface area contributed by atoms with Crippen LogP contribution in [-0.2, 0) is 0 Å². The van der Waals surface area contributed by atoms with Crippen LogP contribution in [0.15, 0.2) is 42.5 Å². The van der Waals surface area contributed by atoms with Crippen LogP contribution in [0.3, 0.4) is 0 Å². The topological polar surface area (TPSA) is 24.9 Å². The van der Waals surface area contributed by atoms with E-state index in [9.17, 15) is 4.39 Å². The molecule has 0 aliphatic carbocycles. The predicted octanol–water partition coefficient (Wildman–Crippen LogP) is 4.49. The first-order valence-corrected chi connectivity index (χ1v) is 6.43. The normalized spacial score (nSPS) is 10.8. The summed E-state index contributed by atoms with van der Waals surface area (Å²) in [5.74, 6) is -0.254. The molecule has 1 aromatic heterocycles. The van der Waals surface area contributed by atoms with Gasteiger partial charge in [-0.15, -0.1) is 0 Å². The number of fused-ring (bicyclic) bond motifs is 1. The number of rotatable bonds is 2. The lowest BCUT2D eigenvalue weighted by molar-refractivity contribution is 0.629. The monoisotopic (exact) mass is 258 g/mol. The van der Waals surface area contributed by atoms with Crippen molar-refractivity contribution in [3.05, 3.63) is 53.8 Å². The molecule has 0 atom stereocenters. The fourth-order valence-electron chi connectivity index (χ4n) is 1.78. The van der Waals surface area contributed by atoms with E-state index in [1.54, 1.807) is 6.07 Å². The summed E-state index contributed by atoms with van der Waals surface area (Å²) >= 11 is 1.52. The van der Waals surface area contributed by atoms with Crippen molar-refractivity contribution in [1.29, 1.82) is 0 Å². The number of nitrogens with zero attached hydrogens (tertiary/aromatic N) is 1. The SMILES string of the molecule is Cc1ccccc1Nc1nc2cc(F)ccc2s1. The average Bonchev–Trinajstić information content (AvgIpc) is 2.73. The van der Waals surface area contributed by atoms with E-state index in [0.717, 1.165) is 21.1 Å². The van der Waals surface area contributed by atoms with E-state index in [1.165, 1.54) is 23.5 Å². The Morgan fingerprint density at radius 1 is 1.17 bits per heavy atom. The first-order valence-electron chi connectivity index (χ1n) is 5.61. The lowest BCUT2D eigenvalue weighted by Crippen LogP contribution is -1.91. The first kappa shape index (κ1) is 11.2. The summed E-state index contributed by atoms with van der Waals surface area (Å²) < 4.78 is 14.1. The van der Waals surface area contributed by atoms with E-state index in [2.05, 4.69) is 10.3 Å². The van der Waals surface area contributed by atoms with Crippen molar-refractivity contribution in [2.45, 2.75) is 6.92 Å². The molecule has 0 spiro atoms. The molecular formula is C14H11FN2S. The van der Waals surface area contributed by atoms with Crippen molar-refractivity contribution in [2.75, 3.05) is 5.32 Å². The van der Waals surface area contributed by atoms with Crippen molar-refractivity contribution >= 4 is 32.4 Å². The smallest absolute Gasteiger partial charge is 0.188 e. The van der Waals surface area contributed by atoms with Gasteiger partial charge < -0.3 is 5.32 Å². The molecule has 2 aromatic carbocycles. The van der Waals surface area contributed by atoms with Gasteiger partial charge in [0.25, 0.3) is 0 Å². The number of halogens is 1. The summed E-state index contributed by atoms with van der Waals surface area (Å²) in [5.41, 5.74) is 2.87. The lowest BCUT2D eigenvalue weighted by atomic mass is 10.2. The maximum atomic E-state index is 13.1. The quantitative estimate of drug-likeness (QED) is 0.732. The second-order valence-electron chi connectivity index (χ2n) is 4.07. The predicted molar refractivity (Wildman–Crippen MR) is 74.0 cm³/mol. The number of para-hydroxylation sites is 1. The second kappa shape index (κ2) is 4.38. The molecule has 0 saturated carbocycles. The zero-order chi connectivity index (χ0) is 12.5. The summed E-state index contributed by atoms with van der Waals surface area (Å²) in [7, 11) is 0. The average molecular weight is 258 g/mol. The number of thiazole rings is 1. The summed E-state index contributed by atoms with van der Waals surface area (Å²) in [6.07, 6.45) is 0. The number of anilines is 2. The second-order valence-corrected chi connectivity index (χ2v) is 5.10. The molecule has 0 radical (unpaired) electrons. The van der Waals surface area contributed by atoms with Gasteiger partial charge in [0.05, 0.1) is 10.2 Å². The third kappa shape index (κ3) is 2.07. The zero-order valence-electron chi connectivity index (χ0n) is 9.77. The standard InChI is InChI=1S/C14H11FN2S/c1-9-4-2-3-5-11(9)16-14-17-12-8-10(15)6-7-13(12)18-14/h2-8H,1H3,(H,16,17). The number of hydrogen-bond donors (Lipinski definition) is 1. The minimum Gasteiger partial charge on any atom is -0.331 e. The first-order chi connectivity index (χ1) is 8.72. The van der Waals surface area contributed by atoms with Crippen molar-refractivity contribution in [2.24, 2.45) is 0 Å². The summed E-state index contributed by atoms with van der Waals surface area (Å²) in [6, 6.07) is 12.7. The highest BCUT2D eigenvalue weighted by atomic mass is 32.1. The molecule has 0 unspecified atom stereocenters. The molecular weight excluding hydrogens is 247 g/mol. The molecule has 0 fully saturated rings. The molecule has 1 heterocycles. The minimum atomic E-state index is -0.254. The van der Waals surface area contributed by atoms with Crippen LogP contribution in [0.1, 0.15) is 5.56 Å². The molecule has 0 saturated heterocycles. The van der Waals surface area contributed by atoms with Crippen LogP contribution in [0, 0.1) is 12.7 Å². The molecule has 0 bridgehead atoms. The Balaban J connectivity index is 1.98. The molecule has 18 heavy (non-hydrogen) atoms. The van der Waals surface area contributed by atoms with E-state index < -0.39 is 0 Å². The summed E-state index contributed by atoms with van der Waals surface area (Å²) in [4.78, 5) is 4.38. The van der Waals surface area contributed by atoms with Crippen LogP contribution in [0.5, 0.6) is 0 Å². The van der Waals surface area contributed by atoms with Gasteiger partial charge in [-0.3, -0.25) is 0 Å². The third-order valence-electron chi connectivity index (χ3n) is 2.74. The van der Waals surface area contributed by atoms with Crippen molar-refractivity contribution in [3.63, 3.8) is 0 Å². The Morgan fingerprint density at radius 2 is 2.00 bits per heavy atom. The fraction of sp³-hybridized carbons (Fsp3) is 0.0714. The Morgan fingerprint density at radius 3 is 2.83 bits per heavy atom. The largest absolute Gasteiger partial charge is 0.331 e. The van der Waals surface area contributed by atoms with E-state index in [4.69, 9.17) is 0 Å². The minimum absolute atomic E-state index is 0.254. The highest BCUT2D eigenvalue weighted by Gasteiger charge is 2.05. The fourth-order valence-corrected chi connectivity index (χ4v) is 2.64. The molecule has 90 valence electrons. The van der Waals surface area contributed by atoms with Gasteiger partial charge in [0.1, 0.15) is 5.82 Å². The van der Waals surface area contributed by atoms with Gasteiger partial charge in [0, 0.05) is 11.8 Å². The van der Waals surface area contributed by atoms with Gasteiger partial charge >= 0.3 is 0 Å². The van der Waals surface area contributed by atoms with E-state index >= 15 is 0 Å². The molecule has 3 aromatic rings. The van der Waals surface area contributed by atoms with Gasteiger partial charge in [-0.25, -0.2) is 9.37 Å². The molecule has 3 rings (SSSR count). The van der Waals surface area contributed by atoms with E-state index in [1.807, 2.05) is 31.2 Å². The van der Waals surface area contributed by atoms with Gasteiger partial charge in [0.2, 0.25) is 0 Å². The molecule has 2 nitrogen and oxygen atoms in total. The van der Waals surface area contributed by atoms with E-state index in [-0.39, 0.29) is 5.82 Å². The van der Waals surface area contributed by atoms with Crippen LogP contribution in [-0.4, -0.2) is 4.98 Å². The third-order valence-corrected chi connectivity index (χ3v) is 3.69. The van der Waals surface area contributed by atoms with Crippen molar-refractivity contribution in [1.82, 2.24) is 4.98 Å². The Hall–Kier alpha value is -1.94. The number of aromatic nitrogens is 1. The molecule has 1 N–H and O–H groups in total. The van der Waals surface area contributed by atoms with E-state index in [0.29, 0.717) is 5.52 Å². The molecule has 0 aliphatic heterocycles. The van der Waals surface area contributed by atoms with Crippen LogP contribution in [0.2, 0.25) is 0 Å². The maximum Gasteiger partial charge on any atom is 0.188 e. The Bertz CT molecular complexity index is 706. The van der Waals surface area contributed by atoms with Gasteiger partial charge in [0.15, 0.2) is 5.13 Å². The maximum absolute atomic E-state index is 13.1. The van der Waals surface area contributed by atoms with Gasteiger partial charge in [-0.05, 0) is 30.7 Å². The highest BCUT2D eigenvalue weighted by Crippen LogP contribution is 2.29. The molecule has 0 aliphatic rings. The number of aryl methyl sites for hydroxylation is 1. The zero-order valence-corrected chi connectivity index (χ0v) is 10.6. The van der Waals surface area contributed by atoms with Crippen LogP contribution in [0.25, 0.3) is 10.2 Å². The Kier molecular flexibility index (Phi) is 2.72. The Labute approximate surface area is 108 Å². The lowest BCUT2D eigenvalue weighted by Gasteiger charge is -2.04. The summed E-state index contributed by atoms with van der Waals surface area (Å²) in [6.45, 7) is 2.04. The molecule has 0 amide bonds. The van der Waals surface area contributed by atoms with Crippen LogP contribution >= 0.6 is 11.3 Å². The van der Waals surface area contributed by atoms with Crippen molar-refractivity contribution < 1.29 is 4.39 Å². The van der Waals surface area contributed by atoms with Gasteiger partial charge in [-0.1, -0.05) is 29.5 Å². The summed E-state index contributed by atoms with van der Waals surface area (Å²) in [5, 5.41) is 4.05. The number of nitrogens with one attached hydrogen (secondary N) is 1. The van der Waals surface area contributed by atoms with Crippen molar-refractivity contribution in [3.8, 4) is 0 Å².